The van der Waals surface area contributed by atoms with E-state index in [9.17, 15) is 14.4 Å². The Bertz CT molecular complexity index is 630. The average Bonchev–Trinajstić information content (AvgIpc) is 2.73. The number of carbonyl (C=O) groups is 3. The van der Waals surface area contributed by atoms with E-state index in [-0.39, 0.29) is 37.4 Å². The molecule has 0 atom stereocenters. The molecule has 4 amide bonds. The molecule has 0 radical (unpaired) electrons. The zero-order valence-electron chi connectivity index (χ0n) is 13.6. The maximum Gasteiger partial charge on any atom is 0.326 e. The van der Waals surface area contributed by atoms with Crippen LogP contribution in [0.3, 0.4) is 0 Å². The first kappa shape index (κ1) is 16.8. The van der Waals surface area contributed by atoms with Crippen molar-refractivity contribution < 1.29 is 19.1 Å². The summed E-state index contributed by atoms with van der Waals surface area (Å²) in [7, 11) is 3.12. The molecule has 0 bridgehead atoms. The van der Waals surface area contributed by atoms with Gasteiger partial charge in [-0.25, -0.2) is 4.79 Å². The summed E-state index contributed by atoms with van der Waals surface area (Å²) in [5, 5.41) is 2.80. The molecule has 1 N–H and O–H groups in total. The molecule has 7 heteroatoms. The number of imide groups is 1. The lowest BCUT2D eigenvalue weighted by atomic mass is 10.2. The summed E-state index contributed by atoms with van der Waals surface area (Å²) in [6, 6.07) is 5.22. The Morgan fingerprint density at radius 3 is 2.70 bits per heavy atom. The molecule has 2 rings (SSSR count). The molecule has 23 heavy (non-hydrogen) atoms. The monoisotopic (exact) mass is 319 g/mol. The van der Waals surface area contributed by atoms with E-state index in [0.29, 0.717) is 17.9 Å². The molecule has 0 saturated carbocycles. The van der Waals surface area contributed by atoms with Crippen LogP contribution in [-0.4, -0.2) is 54.9 Å². The van der Waals surface area contributed by atoms with Gasteiger partial charge in [-0.05, 0) is 31.0 Å². The van der Waals surface area contributed by atoms with Gasteiger partial charge in [0.2, 0.25) is 11.8 Å². The fourth-order valence-corrected chi connectivity index (χ4v) is 2.42. The quantitative estimate of drug-likeness (QED) is 0.808. The summed E-state index contributed by atoms with van der Waals surface area (Å²) in [5.74, 6) is 0.190. The van der Waals surface area contributed by atoms with Crippen LogP contribution in [0.25, 0.3) is 0 Å². The molecule has 0 aromatic heterocycles. The topological polar surface area (TPSA) is 79.0 Å². The van der Waals surface area contributed by atoms with Crippen molar-refractivity contribution in [2.24, 2.45) is 0 Å². The minimum absolute atomic E-state index is 0.103. The molecule has 7 nitrogen and oxygen atoms in total. The molecule has 0 unspecified atom stereocenters. The number of aryl methyl sites for hydroxylation is 1. The van der Waals surface area contributed by atoms with Gasteiger partial charge in [0.25, 0.3) is 0 Å². The summed E-state index contributed by atoms with van der Waals surface area (Å²) < 4.78 is 5.21. The van der Waals surface area contributed by atoms with Crippen LogP contribution in [0.1, 0.15) is 18.4 Å². The minimum atomic E-state index is -0.309. The van der Waals surface area contributed by atoms with Gasteiger partial charge in [-0.1, -0.05) is 6.07 Å². The van der Waals surface area contributed by atoms with Crippen LogP contribution in [0.5, 0.6) is 5.75 Å². The molecule has 1 aromatic carbocycles. The Kier molecular flexibility index (Phi) is 5.20. The number of nitrogens with zero attached hydrogens (tertiary/aromatic N) is 2. The van der Waals surface area contributed by atoms with Crippen LogP contribution in [-0.2, 0) is 9.59 Å². The number of amides is 4. The second-order valence-electron chi connectivity index (χ2n) is 5.54. The third-order valence-electron chi connectivity index (χ3n) is 3.65. The van der Waals surface area contributed by atoms with E-state index in [2.05, 4.69) is 5.32 Å². The Morgan fingerprint density at radius 1 is 1.35 bits per heavy atom. The standard InChI is InChI=1S/C16H21N3O4/c1-11-6-7-13(23-3)12(9-11)17-14(20)5-4-8-19-15(21)10-18(2)16(19)22/h6-7,9H,4-5,8,10H2,1-3H3,(H,17,20). The number of urea groups is 1. The lowest BCUT2D eigenvalue weighted by Crippen LogP contribution is -2.32. The zero-order chi connectivity index (χ0) is 17.0. The molecule has 0 spiro atoms. The van der Waals surface area contributed by atoms with E-state index in [1.165, 1.54) is 9.80 Å². The largest absolute Gasteiger partial charge is 0.495 e. The number of ether oxygens (including phenoxy) is 1. The highest BCUT2D eigenvalue weighted by Crippen LogP contribution is 2.25. The number of anilines is 1. The van der Waals surface area contributed by atoms with E-state index < -0.39 is 0 Å². The third kappa shape index (κ3) is 4.00. The van der Waals surface area contributed by atoms with Crippen LogP contribution < -0.4 is 10.1 Å². The van der Waals surface area contributed by atoms with Gasteiger partial charge >= 0.3 is 6.03 Å². The first-order chi connectivity index (χ1) is 10.9. The average molecular weight is 319 g/mol. The van der Waals surface area contributed by atoms with Crippen LogP contribution >= 0.6 is 0 Å². The van der Waals surface area contributed by atoms with E-state index in [4.69, 9.17) is 4.74 Å². The number of methoxy groups -OCH3 is 1. The molecule has 124 valence electrons. The van der Waals surface area contributed by atoms with Crippen molar-refractivity contribution in [3.63, 3.8) is 0 Å². The van der Waals surface area contributed by atoms with Gasteiger partial charge < -0.3 is 15.0 Å². The van der Waals surface area contributed by atoms with Crippen molar-refractivity contribution in [3.8, 4) is 5.75 Å². The molecular weight excluding hydrogens is 298 g/mol. The summed E-state index contributed by atoms with van der Waals surface area (Å²) in [6.07, 6.45) is 0.642. The molecular formula is C16H21N3O4. The summed E-state index contributed by atoms with van der Waals surface area (Å²) >= 11 is 0. The smallest absolute Gasteiger partial charge is 0.326 e. The van der Waals surface area contributed by atoms with Gasteiger partial charge in [-0.15, -0.1) is 0 Å². The molecule has 1 fully saturated rings. The van der Waals surface area contributed by atoms with Gasteiger partial charge in [0.05, 0.1) is 12.8 Å². The second-order valence-corrected chi connectivity index (χ2v) is 5.54. The summed E-state index contributed by atoms with van der Waals surface area (Å²) in [4.78, 5) is 37.9. The van der Waals surface area contributed by atoms with Crippen molar-refractivity contribution in [1.29, 1.82) is 0 Å². The fourth-order valence-electron chi connectivity index (χ4n) is 2.42. The SMILES string of the molecule is COc1ccc(C)cc1NC(=O)CCCN1C(=O)CN(C)C1=O. The normalized spacial score (nSPS) is 14.4. The predicted molar refractivity (Wildman–Crippen MR) is 85.3 cm³/mol. The predicted octanol–water partition coefficient (Wildman–Crippen LogP) is 1.62. The van der Waals surface area contributed by atoms with E-state index in [1.807, 2.05) is 19.1 Å². The van der Waals surface area contributed by atoms with E-state index in [1.54, 1.807) is 20.2 Å². The third-order valence-corrected chi connectivity index (χ3v) is 3.65. The van der Waals surface area contributed by atoms with E-state index in [0.717, 1.165) is 5.56 Å². The molecule has 1 heterocycles. The van der Waals surface area contributed by atoms with Crippen LogP contribution in [0.2, 0.25) is 0 Å². The Labute approximate surface area is 135 Å². The maximum absolute atomic E-state index is 12.0. The number of nitrogens with one attached hydrogen (secondary N) is 1. The molecule has 1 aromatic rings. The highest BCUT2D eigenvalue weighted by Gasteiger charge is 2.32. The second kappa shape index (κ2) is 7.13. The van der Waals surface area contributed by atoms with Gasteiger partial charge in [0, 0.05) is 20.0 Å². The van der Waals surface area contributed by atoms with Crippen LogP contribution in [0, 0.1) is 6.92 Å². The van der Waals surface area contributed by atoms with Gasteiger partial charge in [0.1, 0.15) is 12.3 Å². The van der Waals surface area contributed by atoms with Crippen molar-refractivity contribution in [3.05, 3.63) is 23.8 Å². The summed E-state index contributed by atoms with van der Waals surface area (Å²) in [6.45, 7) is 2.28. The van der Waals surface area contributed by atoms with Gasteiger partial charge in [-0.2, -0.15) is 0 Å². The fraction of sp³-hybridized carbons (Fsp3) is 0.438. The number of hydrogen-bond donors (Lipinski definition) is 1. The van der Waals surface area contributed by atoms with Crippen molar-refractivity contribution in [2.75, 3.05) is 32.6 Å². The maximum atomic E-state index is 12.0. The zero-order valence-corrected chi connectivity index (χ0v) is 13.6. The first-order valence-electron chi connectivity index (χ1n) is 7.42. The van der Waals surface area contributed by atoms with Crippen molar-refractivity contribution in [2.45, 2.75) is 19.8 Å². The highest BCUT2D eigenvalue weighted by atomic mass is 16.5. The van der Waals surface area contributed by atoms with Crippen LogP contribution in [0.4, 0.5) is 10.5 Å². The Morgan fingerprint density at radius 2 is 2.09 bits per heavy atom. The number of benzene rings is 1. The number of likely N-dealkylation sites (N-methyl/N-ethyl adjacent to an activating group) is 1. The number of hydrogen-bond acceptors (Lipinski definition) is 4. The molecule has 1 aliphatic heterocycles. The molecule has 0 aliphatic carbocycles. The lowest BCUT2D eigenvalue weighted by Gasteiger charge is -2.14. The number of carbonyl (C=O) groups excluding carboxylic acids is 3. The van der Waals surface area contributed by atoms with Crippen molar-refractivity contribution >= 4 is 23.5 Å². The first-order valence-corrected chi connectivity index (χ1v) is 7.42. The van der Waals surface area contributed by atoms with E-state index >= 15 is 0 Å². The Hall–Kier alpha value is -2.57. The van der Waals surface area contributed by atoms with Crippen molar-refractivity contribution in [1.82, 2.24) is 9.80 Å². The molecule has 1 saturated heterocycles. The van der Waals surface area contributed by atoms with Crippen LogP contribution in [0.15, 0.2) is 18.2 Å². The number of rotatable bonds is 6. The summed E-state index contributed by atoms with van der Waals surface area (Å²) in [5.41, 5.74) is 1.63. The van der Waals surface area contributed by atoms with Gasteiger partial charge in [0.15, 0.2) is 0 Å². The van der Waals surface area contributed by atoms with Gasteiger partial charge in [-0.3, -0.25) is 14.5 Å². The highest BCUT2D eigenvalue weighted by molar-refractivity contribution is 6.01. The Balaban J connectivity index is 1.85. The molecule has 1 aliphatic rings. The minimum Gasteiger partial charge on any atom is -0.495 e. The lowest BCUT2D eigenvalue weighted by molar-refractivity contribution is -0.125.